The number of hydrogen-bond donors (Lipinski definition) is 2. The smallest absolute Gasteiger partial charge is 0.255 e. The fourth-order valence-electron chi connectivity index (χ4n) is 1.47. The predicted octanol–water partition coefficient (Wildman–Crippen LogP) is 3.40. The number of rotatable bonds is 2. The second kappa shape index (κ2) is 5.52. The van der Waals surface area contributed by atoms with Crippen molar-refractivity contribution in [2.75, 3.05) is 11.1 Å². The Morgan fingerprint density at radius 1 is 1.16 bits per heavy atom. The van der Waals surface area contributed by atoms with E-state index >= 15 is 0 Å². The Morgan fingerprint density at radius 3 is 2.53 bits per heavy atom. The number of amides is 1. The Balaban J connectivity index is 2.23. The molecule has 0 aliphatic heterocycles. The summed E-state index contributed by atoms with van der Waals surface area (Å²) < 4.78 is 26.5. The third kappa shape index (κ3) is 3.19. The summed E-state index contributed by atoms with van der Waals surface area (Å²) in [7, 11) is 0. The summed E-state index contributed by atoms with van der Waals surface area (Å²) in [5.41, 5.74) is 6.02. The van der Waals surface area contributed by atoms with E-state index in [1.807, 2.05) is 22.6 Å². The van der Waals surface area contributed by atoms with E-state index in [0.717, 1.165) is 6.07 Å². The first kappa shape index (κ1) is 13.7. The van der Waals surface area contributed by atoms with Gasteiger partial charge in [0.2, 0.25) is 0 Å². The van der Waals surface area contributed by atoms with Crippen molar-refractivity contribution in [3.05, 3.63) is 57.2 Å². The molecule has 0 aromatic heterocycles. The minimum absolute atomic E-state index is 0.0959. The van der Waals surface area contributed by atoms with Crippen LogP contribution < -0.4 is 11.1 Å². The molecule has 1 amide bonds. The van der Waals surface area contributed by atoms with Crippen LogP contribution in [0.25, 0.3) is 0 Å². The minimum atomic E-state index is -0.576. The number of nitrogens with two attached hydrogens (primary N) is 1. The summed E-state index contributed by atoms with van der Waals surface area (Å²) in [5, 5.41) is 2.61. The number of nitrogens with one attached hydrogen (secondary N) is 1. The molecule has 2 aromatic rings. The van der Waals surface area contributed by atoms with Gasteiger partial charge in [-0.3, -0.25) is 4.79 Å². The zero-order valence-corrected chi connectivity index (χ0v) is 11.7. The summed E-state index contributed by atoms with van der Waals surface area (Å²) in [6, 6.07) is 7.71. The van der Waals surface area contributed by atoms with Crippen LogP contribution in [0.4, 0.5) is 20.2 Å². The van der Waals surface area contributed by atoms with Crippen molar-refractivity contribution in [2.45, 2.75) is 0 Å². The predicted molar refractivity (Wildman–Crippen MR) is 77.9 cm³/mol. The van der Waals surface area contributed by atoms with Crippen LogP contribution in [0.1, 0.15) is 10.4 Å². The first-order valence-corrected chi connectivity index (χ1v) is 6.36. The Kier molecular flexibility index (Phi) is 3.98. The molecule has 6 heteroatoms. The molecule has 2 aromatic carbocycles. The van der Waals surface area contributed by atoms with Crippen LogP contribution in [0.2, 0.25) is 0 Å². The zero-order valence-electron chi connectivity index (χ0n) is 9.58. The molecule has 98 valence electrons. The summed E-state index contributed by atoms with van der Waals surface area (Å²) in [5.74, 6) is -1.39. The van der Waals surface area contributed by atoms with Crippen molar-refractivity contribution in [3.63, 3.8) is 0 Å². The molecule has 0 aliphatic rings. The SMILES string of the molecule is Nc1cc(C(=O)Nc2ccc(F)cc2I)ccc1F. The van der Waals surface area contributed by atoms with Crippen molar-refractivity contribution in [1.29, 1.82) is 0 Å². The van der Waals surface area contributed by atoms with E-state index in [-0.39, 0.29) is 17.1 Å². The maximum absolute atomic E-state index is 13.0. The van der Waals surface area contributed by atoms with Gasteiger partial charge >= 0.3 is 0 Å². The number of benzene rings is 2. The van der Waals surface area contributed by atoms with Gasteiger partial charge in [0, 0.05) is 9.13 Å². The average Bonchev–Trinajstić information content (AvgIpc) is 2.36. The van der Waals surface area contributed by atoms with E-state index in [4.69, 9.17) is 5.73 Å². The molecule has 0 bridgehead atoms. The second-order valence-corrected chi connectivity index (χ2v) is 4.98. The molecule has 2 rings (SSSR count). The molecule has 0 unspecified atom stereocenters. The number of hydrogen-bond acceptors (Lipinski definition) is 2. The van der Waals surface area contributed by atoms with E-state index in [1.165, 1.54) is 30.3 Å². The van der Waals surface area contributed by atoms with E-state index in [1.54, 1.807) is 0 Å². The Morgan fingerprint density at radius 2 is 1.89 bits per heavy atom. The highest BCUT2D eigenvalue weighted by Gasteiger charge is 2.10. The van der Waals surface area contributed by atoms with Crippen LogP contribution in [0.5, 0.6) is 0 Å². The Hall–Kier alpha value is -1.70. The molecule has 0 atom stereocenters. The van der Waals surface area contributed by atoms with Crippen molar-refractivity contribution in [2.24, 2.45) is 0 Å². The molecule has 0 spiro atoms. The summed E-state index contributed by atoms with van der Waals surface area (Å²) in [4.78, 5) is 11.9. The lowest BCUT2D eigenvalue weighted by molar-refractivity contribution is 0.102. The van der Waals surface area contributed by atoms with Gasteiger partial charge in [-0.2, -0.15) is 0 Å². The van der Waals surface area contributed by atoms with Gasteiger partial charge in [-0.1, -0.05) is 0 Å². The highest BCUT2D eigenvalue weighted by Crippen LogP contribution is 2.20. The van der Waals surface area contributed by atoms with Crippen molar-refractivity contribution in [3.8, 4) is 0 Å². The lowest BCUT2D eigenvalue weighted by Gasteiger charge is -2.08. The van der Waals surface area contributed by atoms with Gasteiger partial charge in [0.1, 0.15) is 11.6 Å². The van der Waals surface area contributed by atoms with Crippen molar-refractivity contribution < 1.29 is 13.6 Å². The van der Waals surface area contributed by atoms with Crippen LogP contribution in [-0.2, 0) is 0 Å². The average molecular weight is 374 g/mol. The molecule has 0 aliphatic carbocycles. The summed E-state index contributed by atoms with van der Waals surface area (Å²) >= 11 is 1.91. The summed E-state index contributed by atoms with van der Waals surface area (Å²) in [6.45, 7) is 0. The molecule has 3 nitrogen and oxygen atoms in total. The van der Waals surface area contributed by atoms with Gasteiger partial charge in [-0.15, -0.1) is 0 Å². The topological polar surface area (TPSA) is 55.1 Å². The molecular weight excluding hydrogens is 365 g/mol. The lowest BCUT2D eigenvalue weighted by atomic mass is 10.2. The third-order valence-corrected chi connectivity index (χ3v) is 3.33. The van der Waals surface area contributed by atoms with Crippen LogP contribution >= 0.6 is 22.6 Å². The molecule has 19 heavy (non-hydrogen) atoms. The van der Waals surface area contributed by atoms with Gasteiger partial charge in [-0.25, -0.2) is 8.78 Å². The highest BCUT2D eigenvalue weighted by atomic mass is 127. The first-order valence-electron chi connectivity index (χ1n) is 5.29. The van der Waals surface area contributed by atoms with Crippen LogP contribution in [0.15, 0.2) is 36.4 Å². The van der Waals surface area contributed by atoms with E-state index in [9.17, 15) is 13.6 Å². The number of halogens is 3. The van der Waals surface area contributed by atoms with E-state index < -0.39 is 11.7 Å². The normalized spacial score (nSPS) is 10.3. The fourth-order valence-corrected chi connectivity index (χ4v) is 2.08. The number of carbonyl (C=O) groups excluding carboxylic acids is 1. The molecule has 0 saturated heterocycles. The van der Waals surface area contributed by atoms with Crippen molar-refractivity contribution in [1.82, 2.24) is 0 Å². The molecular formula is C13H9F2IN2O. The number of anilines is 2. The number of carbonyl (C=O) groups is 1. The minimum Gasteiger partial charge on any atom is -0.396 e. The van der Waals surface area contributed by atoms with Gasteiger partial charge in [-0.05, 0) is 59.0 Å². The Labute approximate surface area is 121 Å². The maximum atomic E-state index is 13.0. The van der Waals surface area contributed by atoms with Gasteiger partial charge < -0.3 is 11.1 Å². The lowest BCUT2D eigenvalue weighted by Crippen LogP contribution is -2.13. The van der Waals surface area contributed by atoms with Gasteiger partial charge in [0.15, 0.2) is 0 Å². The Bertz CT molecular complexity index is 647. The van der Waals surface area contributed by atoms with Crippen LogP contribution in [-0.4, -0.2) is 5.91 Å². The van der Waals surface area contributed by atoms with Crippen molar-refractivity contribution >= 4 is 39.9 Å². The highest BCUT2D eigenvalue weighted by molar-refractivity contribution is 14.1. The van der Waals surface area contributed by atoms with E-state index in [0.29, 0.717) is 9.26 Å². The van der Waals surface area contributed by atoms with Crippen LogP contribution in [0.3, 0.4) is 0 Å². The van der Waals surface area contributed by atoms with Gasteiger partial charge in [0.05, 0.1) is 11.4 Å². The van der Waals surface area contributed by atoms with Gasteiger partial charge in [0.25, 0.3) is 5.91 Å². The second-order valence-electron chi connectivity index (χ2n) is 3.81. The number of nitrogen functional groups attached to an aromatic ring is 1. The molecule has 3 N–H and O–H groups in total. The third-order valence-electron chi connectivity index (χ3n) is 2.44. The summed E-state index contributed by atoms with van der Waals surface area (Å²) in [6.07, 6.45) is 0. The molecule has 0 radical (unpaired) electrons. The maximum Gasteiger partial charge on any atom is 0.255 e. The first-order chi connectivity index (χ1) is 8.97. The van der Waals surface area contributed by atoms with Crippen LogP contribution in [0, 0.1) is 15.2 Å². The standard InChI is InChI=1S/C13H9F2IN2O/c14-8-2-4-12(10(16)6-8)18-13(19)7-1-3-9(15)11(17)5-7/h1-6H,17H2,(H,18,19). The molecule has 0 heterocycles. The quantitative estimate of drug-likeness (QED) is 0.626. The largest absolute Gasteiger partial charge is 0.396 e. The molecule has 0 saturated carbocycles. The monoisotopic (exact) mass is 374 g/mol. The zero-order chi connectivity index (χ0) is 14.0. The fraction of sp³-hybridized carbons (Fsp3) is 0. The van der Waals surface area contributed by atoms with E-state index in [2.05, 4.69) is 5.32 Å². The molecule has 0 fully saturated rings.